The number of rotatable bonds is 7. The molecule has 0 aliphatic rings. The van der Waals surface area contributed by atoms with Crippen molar-refractivity contribution >= 4 is 17.5 Å². The van der Waals surface area contributed by atoms with E-state index in [9.17, 15) is 4.79 Å². The summed E-state index contributed by atoms with van der Waals surface area (Å²) in [6.45, 7) is 4.83. The van der Waals surface area contributed by atoms with Crippen molar-refractivity contribution < 1.29 is 9.53 Å². The molecule has 0 aromatic heterocycles. The number of amides is 1. The maximum atomic E-state index is 11.8. The Hall–Kier alpha value is -2.00. The van der Waals surface area contributed by atoms with Gasteiger partial charge in [-0.3, -0.25) is 4.79 Å². The maximum Gasteiger partial charge on any atom is 0.257 e. The fraction of sp³-hybridized carbons (Fsp3) is 0.316. The zero-order valence-electron chi connectivity index (χ0n) is 13.6. The average Bonchev–Trinajstić information content (AvgIpc) is 2.52. The molecule has 2 aromatic carbocycles. The molecule has 0 radical (unpaired) electrons. The van der Waals surface area contributed by atoms with Crippen LogP contribution in [0.5, 0.6) is 5.75 Å². The predicted molar refractivity (Wildman–Crippen MR) is 94.2 cm³/mol. The Morgan fingerprint density at radius 1 is 1.17 bits per heavy atom. The molecule has 0 aliphatic heterocycles. The highest BCUT2D eigenvalue weighted by atomic mass is 35.5. The predicted octanol–water partition coefficient (Wildman–Crippen LogP) is 4.08. The van der Waals surface area contributed by atoms with E-state index in [0.717, 1.165) is 12.8 Å². The van der Waals surface area contributed by atoms with E-state index in [2.05, 4.69) is 37.4 Å². The van der Waals surface area contributed by atoms with Crippen molar-refractivity contribution in [2.45, 2.75) is 26.7 Å². The number of halogens is 1. The molecule has 4 heteroatoms. The summed E-state index contributed by atoms with van der Waals surface area (Å²) in [5.74, 6) is 0.394. The standard InChI is InChI=1S/C19H22ClNO2/c1-14-9-10-16(15(2)12-14)6-5-11-21-19(22)13-23-18-8-4-3-7-17(18)20/h3-4,7-10,12H,5-6,11,13H2,1-2H3,(H,21,22). The van der Waals surface area contributed by atoms with Crippen LogP contribution in [0.2, 0.25) is 5.02 Å². The summed E-state index contributed by atoms with van der Waals surface area (Å²) < 4.78 is 5.40. The largest absolute Gasteiger partial charge is 0.482 e. The second-order valence-electron chi connectivity index (χ2n) is 5.60. The van der Waals surface area contributed by atoms with Crippen molar-refractivity contribution in [3.63, 3.8) is 0 Å². The molecule has 2 rings (SSSR count). The molecule has 0 spiro atoms. The molecule has 23 heavy (non-hydrogen) atoms. The summed E-state index contributed by atoms with van der Waals surface area (Å²) in [4.78, 5) is 11.8. The van der Waals surface area contributed by atoms with Gasteiger partial charge in [0.1, 0.15) is 5.75 Å². The normalized spacial score (nSPS) is 10.4. The molecule has 0 bridgehead atoms. The van der Waals surface area contributed by atoms with E-state index >= 15 is 0 Å². The van der Waals surface area contributed by atoms with Crippen molar-refractivity contribution in [2.24, 2.45) is 0 Å². The highest BCUT2D eigenvalue weighted by Gasteiger charge is 2.05. The van der Waals surface area contributed by atoms with Crippen molar-refractivity contribution in [1.82, 2.24) is 5.32 Å². The van der Waals surface area contributed by atoms with Gasteiger partial charge in [-0.05, 0) is 49.9 Å². The maximum absolute atomic E-state index is 11.8. The van der Waals surface area contributed by atoms with Crippen molar-refractivity contribution in [1.29, 1.82) is 0 Å². The highest BCUT2D eigenvalue weighted by Crippen LogP contribution is 2.22. The van der Waals surface area contributed by atoms with E-state index in [1.807, 2.05) is 12.1 Å². The molecule has 0 unspecified atom stereocenters. The third kappa shape index (κ3) is 5.61. The van der Waals surface area contributed by atoms with Crippen LogP contribution in [-0.2, 0) is 11.2 Å². The number of ether oxygens (including phenoxy) is 1. The number of carbonyl (C=O) groups excluding carboxylic acids is 1. The van der Waals surface area contributed by atoms with Crippen LogP contribution in [0.25, 0.3) is 0 Å². The second-order valence-corrected chi connectivity index (χ2v) is 6.01. The average molecular weight is 332 g/mol. The van der Waals surface area contributed by atoms with Crippen molar-refractivity contribution in [3.8, 4) is 5.75 Å². The molecule has 0 atom stereocenters. The first-order valence-electron chi connectivity index (χ1n) is 7.76. The number of hydrogen-bond donors (Lipinski definition) is 1. The molecular weight excluding hydrogens is 310 g/mol. The number of para-hydroxylation sites is 1. The molecule has 1 N–H and O–H groups in total. The van der Waals surface area contributed by atoms with Gasteiger partial charge in [-0.15, -0.1) is 0 Å². The third-order valence-corrected chi connectivity index (χ3v) is 3.95. The number of carbonyl (C=O) groups is 1. The molecule has 0 saturated carbocycles. The van der Waals surface area contributed by atoms with E-state index < -0.39 is 0 Å². The molecule has 0 fully saturated rings. The first-order chi connectivity index (χ1) is 11.1. The summed E-state index contributed by atoms with van der Waals surface area (Å²) >= 11 is 5.97. The van der Waals surface area contributed by atoms with Gasteiger partial charge >= 0.3 is 0 Å². The van der Waals surface area contributed by atoms with Gasteiger partial charge in [0, 0.05) is 6.54 Å². The van der Waals surface area contributed by atoms with E-state index in [1.54, 1.807) is 12.1 Å². The van der Waals surface area contributed by atoms with Crippen LogP contribution in [0.3, 0.4) is 0 Å². The Labute approximate surface area is 142 Å². The van der Waals surface area contributed by atoms with E-state index in [1.165, 1.54) is 16.7 Å². The van der Waals surface area contributed by atoms with Crippen LogP contribution < -0.4 is 10.1 Å². The first-order valence-corrected chi connectivity index (χ1v) is 8.14. The minimum absolute atomic E-state index is 0.0205. The number of nitrogens with one attached hydrogen (secondary N) is 1. The molecule has 2 aromatic rings. The smallest absolute Gasteiger partial charge is 0.257 e. The van der Waals surface area contributed by atoms with Gasteiger partial charge in [-0.25, -0.2) is 0 Å². The molecular formula is C19H22ClNO2. The summed E-state index contributed by atoms with van der Waals surface area (Å²) in [7, 11) is 0. The molecule has 3 nitrogen and oxygen atoms in total. The quantitative estimate of drug-likeness (QED) is 0.776. The molecule has 0 heterocycles. The van der Waals surface area contributed by atoms with Gasteiger partial charge < -0.3 is 10.1 Å². The van der Waals surface area contributed by atoms with Crippen LogP contribution in [0.4, 0.5) is 0 Å². The van der Waals surface area contributed by atoms with Crippen LogP contribution >= 0.6 is 11.6 Å². The summed E-state index contributed by atoms with van der Waals surface area (Å²) in [6.07, 6.45) is 1.86. The monoisotopic (exact) mass is 331 g/mol. The highest BCUT2D eigenvalue weighted by molar-refractivity contribution is 6.32. The SMILES string of the molecule is Cc1ccc(CCCNC(=O)COc2ccccc2Cl)c(C)c1. The third-order valence-electron chi connectivity index (χ3n) is 3.64. The fourth-order valence-electron chi connectivity index (χ4n) is 2.39. The number of hydrogen-bond acceptors (Lipinski definition) is 2. The van der Waals surface area contributed by atoms with E-state index in [4.69, 9.17) is 16.3 Å². The topological polar surface area (TPSA) is 38.3 Å². The number of benzene rings is 2. The second kappa shape index (κ2) is 8.59. The van der Waals surface area contributed by atoms with Gasteiger partial charge in [-0.1, -0.05) is 47.5 Å². The Morgan fingerprint density at radius 2 is 1.96 bits per heavy atom. The van der Waals surface area contributed by atoms with Gasteiger partial charge in [0.15, 0.2) is 6.61 Å². The van der Waals surface area contributed by atoms with Crippen molar-refractivity contribution in [2.75, 3.05) is 13.2 Å². The van der Waals surface area contributed by atoms with Crippen molar-refractivity contribution in [3.05, 3.63) is 64.2 Å². The van der Waals surface area contributed by atoms with Crippen LogP contribution in [-0.4, -0.2) is 19.1 Å². The van der Waals surface area contributed by atoms with Crippen LogP contribution in [0, 0.1) is 13.8 Å². The zero-order chi connectivity index (χ0) is 16.7. The van der Waals surface area contributed by atoms with Gasteiger partial charge in [-0.2, -0.15) is 0 Å². The summed E-state index contributed by atoms with van der Waals surface area (Å²) in [5.41, 5.74) is 3.91. The van der Waals surface area contributed by atoms with Crippen LogP contribution in [0.15, 0.2) is 42.5 Å². The molecule has 122 valence electrons. The Bertz CT molecular complexity index is 670. The lowest BCUT2D eigenvalue weighted by Crippen LogP contribution is -2.30. The minimum atomic E-state index is -0.134. The number of aryl methyl sites for hydroxylation is 3. The van der Waals surface area contributed by atoms with Gasteiger partial charge in [0.2, 0.25) is 0 Å². The fourth-order valence-corrected chi connectivity index (χ4v) is 2.58. The Morgan fingerprint density at radius 3 is 2.70 bits per heavy atom. The lowest BCUT2D eigenvalue weighted by molar-refractivity contribution is -0.123. The van der Waals surface area contributed by atoms with Crippen LogP contribution in [0.1, 0.15) is 23.1 Å². The molecule has 0 aliphatic carbocycles. The van der Waals surface area contributed by atoms with Gasteiger partial charge in [0.25, 0.3) is 5.91 Å². The lowest BCUT2D eigenvalue weighted by atomic mass is 10.0. The Balaban J connectivity index is 1.68. The van der Waals surface area contributed by atoms with E-state index in [0.29, 0.717) is 17.3 Å². The zero-order valence-corrected chi connectivity index (χ0v) is 14.3. The van der Waals surface area contributed by atoms with Gasteiger partial charge in [0.05, 0.1) is 5.02 Å². The molecule has 0 saturated heterocycles. The molecule has 1 amide bonds. The first kappa shape index (κ1) is 17.4. The lowest BCUT2D eigenvalue weighted by Gasteiger charge is -2.09. The summed E-state index contributed by atoms with van der Waals surface area (Å²) in [6, 6.07) is 13.6. The van der Waals surface area contributed by atoms with E-state index in [-0.39, 0.29) is 12.5 Å². The Kier molecular flexibility index (Phi) is 6.48. The minimum Gasteiger partial charge on any atom is -0.482 e. The summed E-state index contributed by atoms with van der Waals surface area (Å²) in [5, 5.41) is 3.38.